The molecule has 0 saturated heterocycles. The molecule has 20 heavy (non-hydrogen) atoms. The monoisotopic (exact) mass is 287 g/mol. The molecule has 0 aliphatic heterocycles. The van der Waals surface area contributed by atoms with E-state index in [-0.39, 0.29) is 5.91 Å². The Bertz CT molecular complexity index is 600. The fourth-order valence-electron chi connectivity index (χ4n) is 2.56. The first-order valence-corrected chi connectivity index (χ1v) is 7.71. The second-order valence-electron chi connectivity index (χ2n) is 5.27. The summed E-state index contributed by atoms with van der Waals surface area (Å²) in [5.74, 6) is -0.0961. The van der Waals surface area contributed by atoms with Gasteiger partial charge in [0.15, 0.2) is 5.69 Å². The topological polar surface area (TPSA) is 54.9 Å². The van der Waals surface area contributed by atoms with E-state index in [1.54, 1.807) is 0 Å². The fourth-order valence-corrected chi connectivity index (χ4v) is 3.22. The van der Waals surface area contributed by atoms with E-state index >= 15 is 0 Å². The summed E-state index contributed by atoms with van der Waals surface area (Å²) < 4.78 is 3.95. The maximum atomic E-state index is 12.3. The number of benzene rings is 1. The van der Waals surface area contributed by atoms with Gasteiger partial charge in [-0.15, -0.1) is 5.10 Å². The van der Waals surface area contributed by atoms with E-state index in [4.69, 9.17) is 0 Å². The van der Waals surface area contributed by atoms with E-state index in [0.717, 1.165) is 23.3 Å². The quantitative estimate of drug-likeness (QED) is 0.943. The molecule has 0 spiro atoms. The molecule has 1 saturated carbocycles. The molecule has 0 unspecified atom stereocenters. The predicted octanol–water partition coefficient (Wildman–Crippen LogP) is 3.19. The van der Waals surface area contributed by atoms with Gasteiger partial charge in [0.2, 0.25) is 0 Å². The van der Waals surface area contributed by atoms with Gasteiger partial charge in [-0.1, -0.05) is 47.2 Å². The molecule has 4 nitrogen and oxygen atoms in total. The Morgan fingerprint density at radius 3 is 2.65 bits per heavy atom. The molecule has 1 aliphatic carbocycles. The van der Waals surface area contributed by atoms with Gasteiger partial charge in [-0.05, 0) is 36.9 Å². The molecule has 5 heteroatoms. The lowest BCUT2D eigenvalue weighted by molar-refractivity contribution is 0.0933. The Morgan fingerprint density at radius 2 is 1.95 bits per heavy atom. The minimum absolute atomic E-state index is 0.0961. The van der Waals surface area contributed by atoms with Crippen molar-refractivity contribution in [3.63, 3.8) is 0 Å². The van der Waals surface area contributed by atoms with E-state index in [0.29, 0.717) is 11.7 Å². The molecular formula is C15H17N3OS. The Kier molecular flexibility index (Phi) is 3.78. The van der Waals surface area contributed by atoms with Crippen LogP contribution in [0.3, 0.4) is 0 Å². The second-order valence-corrected chi connectivity index (χ2v) is 6.03. The molecule has 1 aromatic heterocycles. The van der Waals surface area contributed by atoms with Crippen molar-refractivity contribution in [3.05, 3.63) is 35.5 Å². The highest BCUT2D eigenvalue weighted by Gasteiger charge is 2.22. The summed E-state index contributed by atoms with van der Waals surface area (Å²) in [7, 11) is 0. The van der Waals surface area contributed by atoms with Crippen LogP contribution in [0, 0.1) is 6.92 Å². The van der Waals surface area contributed by atoms with Crippen molar-refractivity contribution >= 4 is 17.4 Å². The molecule has 1 heterocycles. The van der Waals surface area contributed by atoms with Crippen LogP contribution in [-0.4, -0.2) is 21.5 Å². The zero-order chi connectivity index (χ0) is 13.9. The average Bonchev–Trinajstić information content (AvgIpc) is 3.10. The Balaban J connectivity index is 1.82. The van der Waals surface area contributed by atoms with Crippen molar-refractivity contribution in [3.8, 4) is 10.4 Å². The first-order valence-electron chi connectivity index (χ1n) is 6.94. The number of rotatable bonds is 3. The molecule has 1 amide bonds. The van der Waals surface area contributed by atoms with E-state index in [9.17, 15) is 4.79 Å². The van der Waals surface area contributed by atoms with Crippen LogP contribution < -0.4 is 5.32 Å². The fraction of sp³-hybridized carbons (Fsp3) is 0.400. The summed E-state index contributed by atoms with van der Waals surface area (Å²) in [5.41, 5.74) is 2.65. The van der Waals surface area contributed by atoms with Gasteiger partial charge in [0.1, 0.15) is 0 Å². The summed E-state index contributed by atoms with van der Waals surface area (Å²) in [6.07, 6.45) is 4.54. The predicted molar refractivity (Wildman–Crippen MR) is 79.8 cm³/mol. The number of hydrogen-bond donors (Lipinski definition) is 1. The van der Waals surface area contributed by atoms with Gasteiger partial charge in [0.05, 0.1) is 4.88 Å². The summed E-state index contributed by atoms with van der Waals surface area (Å²) in [4.78, 5) is 13.2. The lowest BCUT2D eigenvalue weighted by atomic mass is 10.1. The Labute approximate surface area is 122 Å². The van der Waals surface area contributed by atoms with Crippen LogP contribution in [0.15, 0.2) is 24.3 Å². The van der Waals surface area contributed by atoms with Crippen molar-refractivity contribution in [2.45, 2.75) is 38.6 Å². The Hall–Kier alpha value is -1.75. The number of carbonyl (C=O) groups excluding carboxylic acids is 1. The van der Waals surface area contributed by atoms with Crippen LogP contribution in [0.4, 0.5) is 0 Å². The van der Waals surface area contributed by atoms with Gasteiger partial charge < -0.3 is 5.32 Å². The van der Waals surface area contributed by atoms with Gasteiger partial charge in [-0.25, -0.2) is 0 Å². The number of hydrogen-bond acceptors (Lipinski definition) is 4. The SMILES string of the molecule is Cc1ccc(-c2snnc2C(=O)NC2CCCC2)cc1. The third-order valence-corrected chi connectivity index (χ3v) is 4.48. The van der Waals surface area contributed by atoms with E-state index in [1.807, 2.05) is 31.2 Å². The first-order chi connectivity index (χ1) is 9.74. The standard InChI is InChI=1S/C15H17N3OS/c1-10-6-8-11(9-7-10)14-13(17-18-20-14)15(19)16-12-4-2-3-5-12/h6-9,12H,2-5H2,1H3,(H,16,19). The largest absolute Gasteiger partial charge is 0.348 e. The lowest BCUT2D eigenvalue weighted by Gasteiger charge is -2.10. The van der Waals surface area contributed by atoms with Gasteiger partial charge in [0, 0.05) is 6.04 Å². The van der Waals surface area contributed by atoms with Crippen molar-refractivity contribution in [1.29, 1.82) is 0 Å². The van der Waals surface area contributed by atoms with Crippen LogP contribution in [0.1, 0.15) is 41.7 Å². The molecule has 3 rings (SSSR count). The molecule has 1 fully saturated rings. The molecule has 0 radical (unpaired) electrons. The van der Waals surface area contributed by atoms with E-state index in [1.165, 1.54) is 29.9 Å². The molecule has 1 aliphatic rings. The maximum absolute atomic E-state index is 12.3. The van der Waals surface area contributed by atoms with Crippen LogP contribution in [0.5, 0.6) is 0 Å². The summed E-state index contributed by atoms with van der Waals surface area (Å²) in [5, 5.41) is 7.08. The average molecular weight is 287 g/mol. The van der Waals surface area contributed by atoms with Gasteiger partial charge >= 0.3 is 0 Å². The highest BCUT2D eigenvalue weighted by molar-refractivity contribution is 7.09. The lowest BCUT2D eigenvalue weighted by Crippen LogP contribution is -2.33. The number of nitrogens with one attached hydrogen (secondary N) is 1. The highest BCUT2D eigenvalue weighted by Crippen LogP contribution is 2.27. The van der Waals surface area contributed by atoms with Gasteiger partial charge in [-0.2, -0.15) is 0 Å². The normalized spacial score (nSPS) is 15.4. The third-order valence-electron chi connectivity index (χ3n) is 3.71. The van der Waals surface area contributed by atoms with Gasteiger partial charge in [0.25, 0.3) is 5.91 Å². The smallest absolute Gasteiger partial charge is 0.273 e. The Morgan fingerprint density at radius 1 is 1.25 bits per heavy atom. The minimum Gasteiger partial charge on any atom is -0.348 e. The molecule has 2 aromatic rings. The molecule has 0 bridgehead atoms. The number of nitrogens with zero attached hydrogens (tertiary/aromatic N) is 2. The second kappa shape index (κ2) is 5.71. The van der Waals surface area contributed by atoms with Crippen LogP contribution in [-0.2, 0) is 0 Å². The molecule has 0 atom stereocenters. The number of aromatic nitrogens is 2. The third kappa shape index (κ3) is 2.72. The van der Waals surface area contributed by atoms with Crippen molar-refractivity contribution < 1.29 is 4.79 Å². The van der Waals surface area contributed by atoms with E-state index < -0.39 is 0 Å². The summed E-state index contributed by atoms with van der Waals surface area (Å²) in [6.45, 7) is 2.04. The zero-order valence-electron chi connectivity index (χ0n) is 11.4. The van der Waals surface area contributed by atoms with E-state index in [2.05, 4.69) is 14.9 Å². The number of amides is 1. The summed E-state index contributed by atoms with van der Waals surface area (Å²) >= 11 is 1.27. The van der Waals surface area contributed by atoms with Crippen molar-refractivity contribution in [1.82, 2.24) is 14.9 Å². The summed E-state index contributed by atoms with van der Waals surface area (Å²) in [6, 6.07) is 8.39. The van der Waals surface area contributed by atoms with Crippen LogP contribution in [0.2, 0.25) is 0 Å². The highest BCUT2D eigenvalue weighted by atomic mass is 32.1. The van der Waals surface area contributed by atoms with Crippen LogP contribution >= 0.6 is 11.5 Å². The van der Waals surface area contributed by atoms with Crippen molar-refractivity contribution in [2.24, 2.45) is 0 Å². The first kappa shape index (κ1) is 13.2. The minimum atomic E-state index is -0.0961. The molecular weight excluding hydrogens is 270 g/mol. The number of carbonyl (C=O) groups is 1. The number of aryl methyl sites for hydroxylation is 1. The molecule has 104 valence electrons. The van der Waals surface area contributed by atoms with Crippen LogP contribution in [0.25, 0.3) is 10.4 Å². The maximum Gasteiger partial charge on any atom is 0.273 e. The van der Waals surface area contributed by atoms with Crippen molar-refractivity contribution in [2.75, 3.05) is 0 Å². The molecule has 1 N–H and O–H groups in total. The van der Waals surface area contributed by atoms with Gasteiger partial charge in [-0.3, -0.25) is 4.79 Å². The zero-order valence-corrected chi connectivity index (χ0v) is 12.2. The molecule has 1 aromatic carbocycles.